The van der Waals surface area contributed by atoms with Gasteiger partial charge in [-0.05, 0) is 31.0 Å². The molecular formula is C22H27N3O6. The summed E-state index contributed by atoms with van der Waals surface area (Å²) in [6, 6.07) is 14.7. The Morgan fingerprint density at radius 3 is 1.90 bits per heavy atom. The number of fused-ring (bicyclic) bond motifs is 1. The average molecular weight is 429 g/mol. The van der Waals surface area contributed by atoms with Crippen molar-refractivity contribution in [1.29, 1.82) is 0 Å². The summed E-state index contributed by atoms with van der Waals surface area (Å²) in [5.41, 5.74) is 3.51. The third kappa shape index (κ3) is 5.57. The fraction of sp³-hybridized carbons (Fsp3) is 0.409. The Bertz CT molecular complexity index is 860. The summed E-state index contributed by atoms with van der Waals surface area (Å²) in [6.45, 7) is 4.86. The van der Waals surface area contributed by atoms with E-state index in [-0.39, 0.29) is 0 Å². The van der Waals surface area contributed by atoms with Gasteiger partial charge in [0, 0.05) is 31.7 Å². The zero-order chi connectivity index (χ0) is 22.5. The molecule has 0 radical (unpaired) electrons. The van der Waals surface area contributed by atoms with Gasteiger partial charge in [-0.1, -0.05) is 30.3 Å². The number of aliphatic hydroxyl groups is 2. The van der Waals surface area contributed by atoms with E-state index >= 15 is 0 Å². The molecule has 31 heavy (non-hydrogen) atoms. The second-order valence-corrected chi connectivity index (χ2v) is 7.98. The van der Waals surface area contributed by atoms with Gasteiger partial charge in [-0.2, -0.15) is 0 Å². The summed E-state index contributed by atoms with van der Waals surface area (Å²) < 4.78 is 0. The Morgan fingerprint density at radius 1 is 0.903 bits per heavy atom. The molecule has 0 spiro atoms. The van der Waals surface area contributed by atoms with Gasteiger partial charge in [-0.25, -0.2) is 9.59 Å². The molecule has 2 aromatic rings. The Kier molecular flexibility index (Phi) is 7.21. The van der Waals surface area contributed by atoms with Gasteiger partial charge in [0.2, 0.25) is 0 Å². The highest BCUT2D eigenvalue weighted by Crippen LogP contribution is 2.33. The van der Waals surface area contributed by atoms with Crippen molar-refractivity contribution in [3.8, 4) is 11.3 Å². The van der Waals surface area contributed by atoms with Crippen LogP contribution in [-0.2, 0) is 9.59 Å². The Hall–Kier alpha value is -3.01. The highest BCUT2D eigenvalue weighted by Gasteiger charge is 2.38. The number of benzene rings is 1. The molecule has 3 heterocycles. The van der Waals surface area contributed by atoms with Crippen LogP contribution in [0.2, 0.25) is 0 Å². The lowest BCUT2D eigenvalue weighted by Crippen LogP contribution is -2.39. The van der Waals surface area contributed by atoms with Gasteiger partial charge in [0.05, 0.1) is 17.6 Å². The number of aliphatic carboxylic acids is 2. The lowest BCUT2D eigenvalue weighted by molar-refractivity contribution is -0.165. The summed E-state index contributed by atoms with van der Waals surface area (Å²) in [5.74, 6) is -1.86. The van der Waals surface area contributed by atoms with Gasteiger partial charge in [0.25, 0.3) is 0 Å². The van der Waals surface area contributed by atoms with E-state index in [1.54, 1.807) is 0 Å². The first-order valence-corrected chi connectivity index (χ1v) is 10.0. The number of likely N-dealkylation sites (tertiary alicyclic amines) is 1. The maximum Gasteiger partial charge on any atom is 0.335 e. The maximum atomic E-state index is 9.77. The van der Waals surface area contributed by atoms with Crippen molar-refractivity contribution in [2.24, 2.45) is 11.8 Å². The van der Waals surface area contributed by atoms with Crippen LogP contribution in [0.3, 0.4) is 0 Å². The molecule has 1 aromatic carbocycles. The van der Waals surface area contributed by atoms with Crippen LogP contribution in [0.25, 0.3) is 11.3 Å². The van der Waals surface area contributed by atoms with Crippen LogP contribution in [0.4, 0.5) is 5.69 Å². The molecule has 4 atom stereocenters. The fourth-order valence-electron chi connectivity index (χ4n) is 4.06. The molecule has 2 aliphatic heterocycles. The van der Waals surface area contributed by atoms with Crippen molar-refractivity contribution in [3.05, 3.63) is 48.7 Å². The third-order valence-corrected chi connectivity index (χ3v) is 5.66. The van der Waals surface area contributed by atoms with Crippen LogP contribution < -0.4 is 4.90 Å². The molecule has 0 saturated carbocycles. The average Bonchev–Trinajstić information content (AvgIpc) is 3.31. The Morgan fingerprint density at radius 2 is 1.45 bits per heavy atom. The molecule has 166 valence electrons. The molecule has 4 rings (SSSR count). The maximum absolute atomic E-state index is 9.77. The number of nitrogens with zero attached hydrogens (tertiary/aromatic N) is 3. The molecule has 0 aliphatic carbocycles. The Balaban J connectivity index is 0.000000233. The van der Waals surface area contributed by atoms with Crippen molar-refractivity contribution in [1.82, 2.24) is 9.88 Å². The van der Waals surface area contributed by atoms with Gasteiger partial charge in [-0.3, -0.25) is 4.98 Å². The van der Waals surface area contributed by atoms with Gasteiger partial charge >= 0.3 is 11.9 Å². The van der Waals surface area contributed by atoms with Crippen molar-refractivity contribution in [3.63, 3.8) is 0 Å². The smallest absolute Gasteiger partial charge is 0.335 e. The minimum Gasteiger partial charge on any atom is -0.479 e. The largest absolute Gasteiger partial charge is 0.479 e. The SMILES string of the molecule is CN1CC2CN(c3ccc(-c4ccccc4)nc3)CC2C1.O=C(O)[C@H](O)[C@@H](O)C(=O)O. The van der Waals surface area contributed by atoms with Crippen LogP contribution in [0.1, 0.15) is 0 Å². The van der Waals surface area contributed by atoms with Crippen LogP contribution in [0.15, 0.2) is 48.7 Å². The predicted octanol–water partition coefficient (Wildman–Crippen LogP) is 0.624. The summed E-state index contributed by atoms with van der Waals surface area (Å²) >= 11 is 0. The van der Waals surface area contributed by atoms with Crippen molar-refractivity contribution < 1.29 is 30.0 Å². The molecule has 0 amide bonds. The third-order valence-electron chi connectivity index (χ3n) is 5.66. The van der Waals surface area contributed by atoms with Crippen LogP contribution >= 0.6 is 0 Å². The molecule has 2 saturated heterocycles. The molecule has 2 unspecified atom stereocenters. The zero-order valence-electron chi connectivity index (χ0n) is 17.2. The van der Waals surface area contributed by atoms with Crippen LogP contribution in [0, 0.1) is 11.8 Å². The number of carboxylic acid groups (broad SMARTS) is 2. The first kappa shape index (κ1) is 22.7. The lowest BCUT2D eigenvalue weighted by Gasteiger charge is -2.21. The van der Waals surface area contributed by atoms with Crippen molar-refractivity contribution in [2.75, 3.05) is 38.1 Å². The van der Waals surface area contributed by atoms with Gasteiger partial charge in [0.1, 0.15) is 0 Å². The summed E-state index contributed by atoms with van der Waals surface area (Å²) in [6.07, 6.45) is -2.50. The van der Waals surface area contributed by atoms with E-state index in [9.17, 15) is 9.59 Å². The summed E-state index contributed by atoms with van der Waals surface area (Å²) in [5, 5.41) is 32.5. The number of rotatable bonds is 5. The molecule has 1 aromatic heterocycles. The molecule has 2 fully saturated rings. The van der Waals surface area contributed by atoms with Crippen LogP contribution in [0.5, 0.6) is 0 Å². The van der Waals surface area contributed by atoms with E-state index in [4.69, 9.17) is 20.4 Å². The quantitative estimate of drug-likeness (QED) is 0.540. The standard InChI is InChI=1S/C18H21N3.C4H6O6/c1-20-10-15-12-21(13-16(15)11-20)17-7-8-18(19-9-17)14-5-3-2-4-6-14;5-1(3(7)8)2(6)4(9)10/h2-9,15-16H,10-13H2,1H3;1-2,5-6H,(H,7,8)(H,9,10)/t;1-,2-/m.1/s1. The highest BCUT2D eigenvalue weighted by atomic mass is 16.4. The minimum atomic E-state index is -2.27. The zero-order valence-corrected chi connectivity index (χ0v) is 17.2. The molecule has 4 N–H and O–H groups in total. The number of hydrogen-bond acceptors (Lipinski definition) is 7. The molecular weight excluding hydrogens is 402 g/mol. The summed E-state index contributed by atoms with van der Waals surface area (Å²) in [7, 11) is 2.23. The van der Waals surface area contributed by atoms with Crippen molar-refractivity contribution >= 4 is 17.6 Å². The van der Waals surface area contributed by atoms with E-state index in [2.05, 4.69) is 58.2 Å². The Labute approximate surface area is 180 Å². The predicted molar refractivity (Wildman–Crippen MR) is 114 cm³/mol. The molecule has 9 nitrogen and oxygen atoms in total. The van der Waals surface area contributed by atoms with Gasteiger partial charge < -0.3 is 30.2 Å². The normalized spacial score (nSPS) is 22.2. The van der Waals surface area contributed by atoms with Crippen LogP contribution in [-0.4, -0.2) is 87.7 Å². The number of anilines is 1. The van der Waals surface area contributed by atoms with Gasteiger partial charge in [0.15, 0.2) is 12.2 Å². The first-order chi connectivity index (χ1) is 14.8. The topological polar surface area (TPSA) is 134 Å². The van der Waals surface area contributed by atoms with E-state index in [0.717, 1.165) is 17.5 Å². The number of aliphatic hydroxyl groups excluding tert-OH is 2. The van der Waals surface area contributed by atoms with E-state index in [1.807, 2.05) is 12.3 Å². The number of pyridine rings is 1. The fourth-order valence-corrected chi connectivity index (χ4v) is 4.06. The number of aromatic nitrogens is 1. The molecule has 0 bridgehead atoms. The van der Waals surface area contributed by atoms with E-state index in [1.165, 1.54) is 37.4 Å². The lowest BCUT2D eigenvalue weighted by atomic mass is 10.0. The number of carbonyl (C=O) groups is 2. The second-order valence-electron chi connectivity index (χ2n) is 7.98. The second kappa shape index (κ2) is 9.86. The van der Waals surface area contributed by atoms with Crippen molar-refractivity contribution in [2.45, 2.75) is 12.2 Å². The minimum absolute atomic E-state index is 0.837. The van der Waals surface area contributed by atoms with Gasteiger partial charge in [-0.15, -0.1) is 0 Å². The first-order valence-electron chi connectivity index (χ1n) is 10.0. The highest BCUT2D eigenvalue weighted by molar-refractivity contribution is 5.83. The number of carboxylic acids is 2. The van der Waals surface area contributed by atoms with E-state index in [0.29, 0.717) is 0 Å². The number of hydrogen-bond donors (Lipinski definition) is 4. The molecule has 9 heteroatoms. The monoisotopic (exact) mass is 429 g/mol. The van der Waals surface area contributed by atoms with E-state index < -0.39 is 24.1 Å². The molecule has 2 aliphatic rings. The summed E-state index contributed by atoms with van der Waals surface area (Å²) in [4.78, 5) is 29.2.